The summed E-state index contributed by atoms with van der Waals surface area (Å²) in [6.45, 7) is 3.15. The van der Waals surface area contributed by atoms with Crippen molar-refractivity contribution in [1.29, 1.82) is 0 Å². The lowest BCUT2D eigenvalue weighted by molar-refractivity contribution is 0.179. The van der Waals surface area contributed by atoms with E-state index in [1.807, 2.05) is 12.3 Å². The molecule has 2 saturated heterocycles. The van der Waals surface area contributed by atoms with Gasteiger partial charge in [-0.05, 0) is 42.3 Å². The molecule has 5 rings (SSSR count). The molecule has 3 atom stereocenters. The van der Waals surface area contributed by atoms with Crippen molar-refractivity contribution in [1.82, 2.24) is 20.2 Å². The van der Waals surface area contributed by atoms with Crippen LogP contribution in [-0.2, 0) is 0 Å². The highest BCUT2D eigenvalue weighted by Gasteiger charge is 2.39. The van der Waals surface area contributed by atoms with E-state index in [0.29, 0.717) is 6.04 Å². The molecule has 3 heterocycles. The van der Waals surface area contributed by atoms with Gasteiger partial charge in [0.15, 0.2) is 0 Å². The molecule has 3 unspecified atom stereocenters. The van der Waals surface area contributed by atoms with Crippen LogP contribution in [0.25, 0.3) is 22.0 Å². The fourth-order valence-electron chi connectivity index (χ4n) is 4.54. The van der Waals surface area contributed by atoms with Gasteiger partial charge in [0.05, 0.1) is 11.7 Å². The first-order valence-electron chi connectivity index (χ1n) is 9.84. The molecule has 3 aromatic rings. The Morgan fingerprint density at radius 1 is 1.04 bits per heavy atom. The minimum absolute atomic E-state index is 0.0949. The molecule has 1 aromatic heterocycles. The van der Waals surface area contributed by atoms with Crippen molar-refractivity contribution in [2.24, 2.45) is 5.73 Å². The van der Waals surface area contributed by atoms with Gasteiger partial charge >= 0.3 is 0 Å². The van der Waals surface area contributed by atoms with E-state index in [-0.39, 0.29) is 12.1 Å². The Kier molecular flexibility index (Phi) is 4.36. The van der Waals surface area contributed by atoms with E-state index in [1.165, 1.54) is 17.2 Å². The van der Waals surface area contributed by atoms with Crippen molar-refractivity contribution >= 4 is 10.8 Å². The largest absolute Gasteiger partial charge is 0.326 e. The summed E-state index contributed by atoms with van der Waals surface area (Å²) in [4.78, 5) is 12.1. The predicted octanol–water partition coefficient (Wildman–Crippen LogP) is 2.73. The second-order valence-corrected chi connectivity index (χ2v) is 7.64. The number of rotatable bonds is 3. The number of nitrogens with two attached hydrogens (primary N) is 1. The molecule has 0 saturated carbocycles. The molecule has 0 aliphatic carbocycles. The Morgan fingerprint density at radius 2 is 1.93 bits per heavy atom. The van der Waals surface area contributed by atoms with E-state index in [4.69, 9.17) is 10.7 Å². The van der Waals surface area contributed by atoms with Gasteiger partial charge in [0, 0.05) is 36.9 Å². The van der Waals surface area contributed by atoms with Crippen molar-refractivity contribution in [2.75, 3.05) is 19.6 Å². The Labute approximate surface area is 159 Å². The van der Waals surface area contributed by atoms with Gasteiger partial charge in [0.2, 0.25) is 0 Å². The number of benzene rings is 2. The monoisotopic (exact) mass is 359 g/mol. The summed E-state index contributed by atoms with van der Waals surface area (Å²) in [7, 11) is 0. The quantitative estimate of drug-likeness (QED) is 0.753. The number of nitrogens with one attached hydrogen (secondary N) is 1. The third kappa shape index (κ3) is 3.12. The maximum atomic E-state index is 6.49. The lowest BCUT2D eigenvalue weighted by Gasteiger charge is -2.30. The maximum absolute atomic E-state index is 6.49. The summed E-state index contributed by atoms with van der Waals surface area (Å²) in [6.07, 6.45) is 4.06. The minimum atomic E-state index is 0.0949. The van der Waals surface area contributed by atoms with Gasteiger partial charge in [-0.25, -0.2) is 9.97 Å². The van der Waals surface area contributed by atoms with Crippen LogP contribution >= 0.6 is 0 Å². The zero-order valence-corrected chi connectivity index (χ0v) is 15.4. The first kappa shape index (κ1) is 16.8. The zero-order valence-electron chi connectivity index (χ0n) is 15.4. The van der Waals surface area contributed by atoms with Crippen LogP contribution in [0.5, 0.6) is 0 Å². The summed E-state index contributed by atoms with van der Waals surface area (Å²) >= 11 is 0. The van der Waals surface area contributed by atoms with Gasteiger partial charge in [-0.3, -0.25) is 4.90 Å². The fraction of sp³-hybridized carbons (Fsp3) is 0.364. The van der Waals surface area contributed by atoms with E-state index < -0.39 is 0 Å². The Bertz CT molecular complexity index is 950. The van der Waals surface area contributed by atoms with Crippen LogP contribution in [0.3, 0.4) is 0 Å². The summed E-state index contributed by atoms with van der Waals surface area (Å²) in [5.41, 5.74) is 8.58. The number of likely N-dealkylation sites (tertiary alicyclic amines) is 1. The SMILES string of the molecule is NC1CCN(C2CCNC2)C1c1nccc(-c2ccc3ccccc3c2)n1. The van der Waals surface area contributed by atoms with Crippen LogP contribution < -0.4 is 11.1 Å². The first-order chi connectivity index (χ1) is 13.3. The third-order valence-corrected chi connectivity index (χ3v) is 5.97. The van der Waals surface area contributed by atoms with Gasteiger partial charge in [-0.1, -0.05) is 36.4 Å². The summed E-state index contributed by atoms with van der Waals surface area (Å²) in [5.74, 6) is 0.859. The van der Waals surface area contributed by atoms with Crippen molar-refractivity contribution in [3.8, 4) is 11.3 Å². The van der Waals surface area contributed by atoms with Crippen LogP contribution in [0.2, 0.25) is 0 Å². The molecule has 2 fully saturated rings. The molecule has 0 amide bonds. The van der Waals surface area contributed by atoms with E-state index in [0.717, 1.165) is 43.1 Å². The highest BCUT2D eigenvalue weighted by molar-refractivity contribution is 5.86. The van der Waals surface area contributed by atoms with E-state index >= 15 is 0 Å². The molecule has 0 bridgehead atoms. The van der Waals surface area contributed by atoms with Crippen LogP contribution in [0, 0.1) is 0 Å². The van der Waals surface area contributed by atoms with Gasteiger partial charge < -0.3 is 11.1 Å². The average Bonchev–Trinajstić information content (AvgIpc) is 3.37. The standard InChI is InChI=1S/C22H25N5/c23-19-9-12-27(18-7-10-24-14-18)21(19)22-25-11-8-20(26-22)17-6-5-15-3-1-2-4-16(15)13-17/h1-6,8,11,13,18-19,21,24H,7,9-10,12,14,23H2. The third-order valence-electron chi connectivity index (χ3n) is 5.97. The lowest BCUT2D eigenvalue weighted by atomic mass is 10.0. The molecular formula is C22H25N5. The van der Waals surface area contributed by atoms with Crippen LogP contribution in [0.1, 0.15) is 24.7 Å². The molecule has 0 radical (unpaired) electrons. The Balaban J connectivity index is 1.50. The minimum Gasteiger partial charge on any atom is -0.326 e. The Morgan fingerprint density at radius 3 is 2.78 bits per heavy atom. The molecule has 2 aliphatic rings. The molecule has 2 aliphatic heterocycles. The second-order valence-electron chi connectivity index (χ2n) is 7.64. The van der Waals surface area contributed by atoms with Crippen LogP contribution in [0.15, 0.2) is 54.7 Å². The van der Waals surface area contributed by atoms with Crippen molar-refractivity contribution in [3.63, 3.8) is 0 Å². The normalized spacial score (nSPS) is 26.0. The van der Waals surface area contributed by atoms with E-state index in [9.17, 15) is 0 Å². The number of hydrogen-bond acceptors (Lipinski definition) is 5. The predicted molar refractivity (Wildman–Crippen MR) is 108 cm³/mol. The Hall–Kier alpha value is -2.34. The fourth-order valence-corrected chi connectivity index (χ4v) is 4.54. The van der Waals surface area contributed by atoms with Crippen LogP contribution in [-0.4, -0.2) is 46.6 Å². The van der Waals surface area contributed by atoms with Crippen molar-refractivity contribution in [2.45, 2.75) is 31.0 Å². The molecular weight excluding hydrogens is 334 g/mol. The number of fused-ring (bicyclic) bond motifs is 1. The van der Waals surface area contributed by atoms with E-state index in [2.05, 4.69) is 57.7 Å². The van der Waals surface area contributed by atoms with Gasteiger partial charge in [-0.2, -0.15) is 0 Å². The summed E-state index contributed by atoms with van der Waals surface area (Å²) in [5, 5.41) is 5.94. The van der Waals surface area contributed by atoms with Crippen molar-refractivity contribution < 1.29 is 0 Å². The maximum Gasteiger partial charge on any atom is 0.147 e. The highest BCUT2D eigenvalue weighted by atomic mass is 15.3. The number of hydrogen-bond donors (Lipinski definition) is 2. The number of aromatic nitrogens is 2. The molecule has 27 heavy (non-hydrogen) atoms. The van der Waals surface area contributed by atoms with Gasteiger partial charge in [-0.15, -0.1) is 0 Å². The lowest BCUT2D eigenvalue weighted by Crippen LogP contribution is -2.40. The van der Waals surface area contributed by atoms with Crippen molar-refractivity contribution in [3.05, 3.63) is 60.6 Å². The van der Waals surface area contributed by atoms with E-state index in [1.54, 1.807) is 0 Å². The zero-order chi connectivity index (χ0) is 18.2. The summed E-state index contributed by atoms with van der Waals surface area (Å²) in [6, 6.07) is 17.7. The molecule has 138 valence electrons. The average molecular weight is 359 g/mol. The van der Waals surface area contributed by atoms with Crippen LogP contribution in [0.4, 0.5) is 0 Å². The molecule has 0 spiro atoms. The molecule has 5 heteroatoms. The molecule has 5 nitrogen and oxygen atoms in total. The summed E-state index contributed by atoms with van der Waals surface area (Å²) < 4.78 is 0. The smallest absolute Gasteiger partial charge is 0.147 e. The molecule has 3 N–H and O–H groups in total. The first-order valence-corrected chi connectivity index (χ1v) is 9.84. The molecule has 2 aromatic carbocycles. The van der Waals surface area contributed by atoms with Gasteiger partial charge in [0.25, 0.3) is 0 Å². The second kappa shape index (κ2) is 7.00. The van der Waals surface area contributed by atoms with Gasteiger partial charge in [0.1, 0.15) is 5.82 Å². The topological polar surface area (TPSA) is 67.1 Å². The number of nitrogens with zero attached hydrogens (tertiary/aromatic N) is 3. The highest BCUT2D eigenvalue weighted by Crippen LogP contribution is 2.33.